The molecule has 0 saturated heterocycles. The lowest BCUT2D eigenvalue weighted by Crippen LogP contribution is -2.55. The molecule has 1 aliphatic rings. The van der Waals surface area contributed by atoms with E-state index < -0.39 is 28.5 Å². The zero-order chi connectivity index (χ0) is 29.4. The minimum atomic E-state index is -3.79. The number of sulfonamides is 1. The predicted molar refractivity (Wildman–Crippen MR) is 164 cm³/mol. The average Bonchev–Trinajstić information content (AvgIpc) is 2.95. The number of nitrogens with zero attached hydrogens (tertiary/aromatic N) is 2. The minimum absolute atomic E-state index is 0.0735. The van der Waals surface area contributed by atoms with Crippen LogP contribution in [-0.2, 0) is 32.6 Å². The second-order valence-corrected chi connectivity index (χ2v) is 13.0. The van der Waals surface area contributed by atoms with E-state index in [-0.39, 0.29) is 18.5 Å². The van der Waals surface area contributed by atoms with E-state index >= 15 is 0 Å². The lowest BCUT2D eigenvalue weighted by atomic mass is 9.94. The van der Waals surface area contributed by atoms with Gasteiger partial charge in [0.05, 0.1) is 11.9 Å². The normalized spacial score (nSPS) is 14.7. The fourth-order valence-electron chi connectivity index (χ4n) is 5.51. The van der Waals surface area contributed by atoms with Crippen molar-refractivity contribution in [2.24, 2.45) is 0 Å². The summed E-state index contributed by atoms with van der Waals surface area (Å²) in [5.41, 5.74) is 4.02. The number of rotatable bonds is 11. The fraction of sp³-hybridized carbons (Fsp3) is 0.394. The lowest BCUT2D eigenvalue weighted by molar-refractivity contribution is -0.140. The van der Waals surface area contributed by atoms with Crippen LogP contribution in [0.2, 0.25) is 0 Å². The van der Waals surface area contributed by atoms with E-state index in [1.165, 1.54) is 0 Å². The Kier molecular flexibility index (Phi) is 10.2. The zero-order valence-corrected chi connectivity index (χ0v) is 25.1. The van der Waals surface area contributed by atoms with Gasteiger partial charge in [-0.05, 0) is 55.0 Å². The molecule has 3 aromatic carbocycles. The van der Waals surface area contributed by atoms with E-state index in [4.69, 9.17) is 0 Å². The molecule has 0 bridgehead atoms. The molecule has 41 heavy (non-hydrogen) atoms. The van der Waals surface area contributed by atoms with Crippen LogP contribution in [0.5, 0.6) is 0 Å². The maximum Gasteiger partial charge on any atom is 0.244 e. The highest BCUT2D eigenvalue weighted by Crippen LogP contribution is 2.24. The Balaban J connectivity index is 1.74. The highest BCUT2D eigenvalue weighted by Gasteiger charge is 2.34. The van der Waals surface area contributed by atoms with Gasteiger partial charge in [-0.3, -0.25) is 13.9 Å². The summed E-state index contributed by atoms with van der Waals surface area (Å²) >= 11 is 0. The van der Waals surface area contributed by atoms with E-state index in [1.54, 1.807) is 17.0 Å². The average molecular weight is 576 g/mol. The van der Waals surface area contributed by atoms with Gasteiger partial charge in [-0.2, -0.15) is 0 Å². The van der Waals surface area contributed by atoms with Gasteiger partial charge in [0.25, 0.3) is 0 Å². The van der Waals surface area contributed by atoms with Gasteiger partial charge >= 0.3 is 0 Å². The number of para-hydroxylation sites is 1. The topological polar surface area (TPSA) is 86.8 Å². The summed E-state index contributed by atoms with van der Waals surface area (Å²) < 4.78 is 27.1. The highest BCUT2D eigenvalue weighted by atomic mass is 32.2. The molecule has 0 unspecified atom stereocenters. The van der Waals surface area contributed by atoms with Gasteiger partial charge in [-0.1, -0.05) is 92.1 Å². The molecule has 1 atom stereocenters. The van der Waals surface area contributed by atoms with Crippen molar-refractivity contribution in [2.75, 3.05) is 17.1 Å². The smallest absolute Gasteiger partial charge is 0.244 e. The Morgan fingerprint density at radius 2 is 1.46 bits per heavy atom. The Labute approximate surface area is 244 Å². The lowest BCUT2D eigenvalue weighted by Gasteiger charge is -2.35. The Bertz CT molecular complexity index is 1440. The van der Waals surface area contributed by atoms with Crippen molar-refractivity contribution in [3.8, 4) is 0 Å². The van der Waals surface area contributed by atoms with Crippen LogP contribution in [0.1, 0.15) is 54.4 Å². The summed E-state index contributed by atoms with van der Waals surface area (Å²) in [6, 6.07) is 23.8. The van der Waals surface area contributed by atoms with Crippen LogP contribution < -0.4 is 9.62 Å². The largest absolute Gasteiger partial charge is 0.352 e. The molecule has 7 nitrogen and oxygen atoms in total. The number of aryl methyl sites for hydroxylation is 2. The first-order valence-electron chi connectivity index (χ1n) is 14.3. The zero-order valence-electron chi connectivity index (χ0n) is 24.3. The molecule has 1 aliphatic carbocycles. The molecule has 0 radical (unpaired) electrons. The van der Waals surface area contributed by atoms with Crippen LogP contribution in [0, 0.1) is 13.8 Å². The number of carbonyl (C=O) groups excluding carboxylic acids is 2. The number of anilines is 1. The van der Waals surface area contributed by atoms with Gasteiger partial charge in [0.2, 0.25) is 21.8 Å². The van der Waals surface area contributed by atoms with Crippen molar-refractivity contribution in [1.82, 2.24) is 10.2 Å². The molecule has 218 valence electrons. The molecule has 1 saturated carbocycles. The Hall–Kier alpha value is -3.65. The minimum Gasteiger partial charge on any atom is -0.352 e. The molecule has 8 heteroatoms. The fourth-order valence-corrected chi connectivity index (χ4v) is 6.41. The quantitative estimate of drug-likeness (QED) is 0.342. The summed E-state index contributed by atoms with van der Waals surface area (Å²) in [6.45, 7) is 3.57. The maximum absolute atomic E-state index is 14.3. The monoisotopic (exact) mass is 575 g/mol. The van der Waals surface area contributed by atoms with Crippen LogP contribution >= 0.6 is 0 Å². The van der Waals surface area contributed by atoms with E-state index in [9.17, 15) is 18.0 Å². The van der Waals surface area contributed by atoms with Gasteiger partial charge in [-0.25, -0.2) is 8.42 Å². The maximum atomic E-state index is 14.3. The second kappa shape index (κ2) is 13.8. The molecule has 4 rings (SSSR count). The van der Waals surface area contributed by atoms with Crippen LogP contribution in [0.4, 0.5) is 5.69 Å². The van der Waals surface area contributed by atoms with Gasteiger partial charge < -0.3 is 10.2 Å². The molecule has 3 aromatic rings. The number of benzene rings is 3. The Morgan fingerprint density at radius 1 is 0.854 bits per heavy atom. The van der Waals surface area contributed by atoms with Crippen LogP contribution in [-0.4, -0.2) is 50.0 Å². The first-order valence-corrected chi connectivity index (χ1v) is 16.2. The van der Waals surface area contributed by atoms with Gasteiger partial charge in [0, 0.05) is 19.0 Å². The van der Waals surface area contributed by atoms with Crippen molar-refractivity contribution in [3.05, 3.63) is 101 Å². The van der Waals surface area contributed by atoms with Crippen molar-refractivity contribution in [3.63, 3.8) is 0 Å². The standard InChI is InChI=1S/C33H41N3O4S/c1-25-14-10-12-18-28(25)23-35(32(37)24-36(41(3,39)40)30-21-13-11-15-26(30)2)31(22-27-16-6-4-7-17-27)33(38)34-29-19-8-5-9-20-29/h4,6-7,10-18,21,29,31H,5,8-9,19-20,22-24H2,1-3H3,(H,34,38)/t31-/m0/s1. The third-order valence-corrected chi connectivity index (χ3v) is 9.01. The summed E-state index contributed by atoms with van der Waals surface area (Å²) in [7, 11) is -3.79. The molecule has 0 aromatic heterocycles. The third-order valence-electron chi connectivity index (χ3n) is 7.89. The number of nitrogens with one attached hydrogen (secondary N) is 1. The summed E-state index contributed by atoms with van der Waals surface area (Å²) in [5, 5.41) is 3.23. The summed E-state index contributed by atoms with van der Waals surface area (Å²) in [5.74, 6) is -0.633. The van der Waals surface area contributed by atoms with E-state index in [1.807, 2.05) is 80.6 Å². The second-order valence-electron chi connectivity index (χ2n) is 11.1. The summed E-state index contributed by atoms with van der Waals surface area (Å²) in [6.07, 6.45) is 6.57. The molecular weight excluding hydrogens is 534 g/mol. The molecule has 0 aliphatic heterocycles. The van der Waals surface area contributed by atoms with Gasteiger partial charge in [0.15, 0.2) is 0 Å². The van der Waals surface area contributed by atoms with Crippen LogP contribution in [0.25, 0.3) is 0 Å². The molecule has 2 amide bonds. The summed E-state index contributed by atoms with van der Waals surface area (Å²) in [4.78, 5) is 29.8. The van der Waals surface area contributed by atoms with Crippen molar-refractivity contribution in [2.45, 2.75) is 71.0 Å². The molecule has 1 fully saturated rings. The molecule has 0 heterocycles. The SMILES string of the molecule is Cc1ccccc1CN(C(=O)CN(c1ccccc1C)S(C)(=O)=O)[C@@H](Cc1ccccc1)C(=O)NC1CCCCC1. The van der Waals surface area contributed by atoms with E-state index in [2.05, 4.69) is 5.32 Å². The van der Waals surface area contributed by atoms with Gasteiger partial charge in [-0.15, -0.1) is 0 Å². The first-order chi connectivity index (χ1) is 19.6. The highest BCUT2D eigenvalue weighted by molar-refractivity contribution is 7.92. The number of hydrogen-bond donors (Lipinski definition) is 1. The molecular formula is C33H41N3O4S. The number of amides is 2. The first kappa shape index (κ1) is 30.3. The van der Waals surface area contributed by atoms with Crippen LogP contribution in [0.15, 0.2) is 78.9 Å². The van der Waals surface area contributed by atoms with E-state index in [0.29, 0.717) is 12.1 Å². The van der Waals surface area contributed by atoms with Gasteiger partial charge in [0.1, 0.15) is 12.6 Å². The van der Waals surface area contributed by atoms with Crippen molar-refractivity contribution in [1.29, 1.82) is 0 Å². The molecule has 0 spiro atoms. The number of hydrogen-bond acceptors (Lipinski definition) is 4. The predicted octanol–water partition coefficient (Wildman–Crippen LogP) is 5.16. The van der Waals surface area contributed by atoms with Crippen molar-refractivity contribution >= 4 is 27.5 Å². The third kappa shape index (κ3) is 8.19. The van der Waals surface area contributed by atoms with Crippen molar-refractivity contribution < 1.29 is 18.0 Å². The van der Waals surface area contributed by atoms with Crippen LogP contribution in [0.3, 0.4) is 0 Å². The van der Waals surface area contributed by atoms with E-state index in [0.717, 1.165) is 64.9 Å². The Morgan fingerprint density at radius 3 is 2.10 bits per heavy atom. The molecule has 1 N–H and O–H groups in total. The number of carbonyl (C=O) groups is 2.